The first kappa shape index (κ1) is 19.3. The van der Waals surface area contributed by atoms with E-state index in [4.69, 9.17) is 23.2 Å². The second-order valence-electron chi connectivity index (χ2n) is 6.53. The highest BCUT2D eigenvalue weighted by molar-refractivity contribution is 6.35. The summed E-state index contributed by atoms with van der Waals surface area (Å²) in [5, 5.41) is 16.0. The molecule has 0 aliphatic rings. The number of amides is 1. The third-order valence-electron chi connectivity index (χ3n) is 4.12. The number of benzene rings is 2. The number of aromatic nitrogens is 4. The maximum absolute atomic E-state index is 12.5. The lowest BCUT2D eigenvalue weighted by atomic mass is 10.0. The lowest BCUT2D eigenvalue weighted by molar-refractivity contribution is -0.119. The molecule has 1 atom stereocenters. The van der Waals surface area contributed by atoms with Gasteiger partial charge < -0.3 is 5.32 Å². The summed E-state index contributed by atoms with van der Waals surface area (Å²) >= 11 is 11.9. The average Bonchev–Trinajstić information content (AvgIpc) is 3.10. The van der Waals surface area contributed by atoms with Crippen LogP contribution in [0.1, 0.15) is 38.3 Å². The van der Waals surface area contributed by atoms with Gasteiger partial charge in [0, 0.05) is 21.3 Å². The SMILES string of the molecule is CC(C)c1ccc(-c2nnn([C@H](C)C(=O)Nc3cc(Cl)cc(Cl)c3)n2)cc1. The van der Waals surface area contributed by atoms with Crippen molar-refractivity contribution in [1.29, 1.82) is 0 Å². The van der Waals surface area contributed by atoms with Crippen molar-refractivity contribution in [2.75, 3.05) is 5.32 Å². The van der Waals surface area contributed by atoms with Crippen LogP contribution in [0, 0.1) is 0 Å². The molecule has 0 aliphatic carbocycles. The van der Waals surface area contributed by atoms with E-state index < -0.39 is 6.04 Å². The van der Waals surface area contributed by atoms with Crippen molar-refractivity contribution in [1.82, 2.24) is 20.2 Å². The molecule has 3 rings (SSSR count). The molecule has 0 fully saturated rings. The Morgan fingerprint density at radius 1 is 1.04 bits per heavy atom. The molecule has 0 aliphatic heterocycles. The number of carbonyl (C=O) groups excluding carboxylic acids is 1. The summed E-state index contributed by atoms with van der Waals surface area (Å²) in [6.45, 7) is 5.96. The van der Waals surface area contributed by atoms with Crippen molar-refractivity contribution in [3.63, 3.8) is 0 Å². The lowest BCUT2D eigenvalue weighted by Crippen LogP contribution is -2.25. The van der Waals surface area contributed by atoms with Crippen LogP contribution < -0.4 is 5.32 Å². The Balaban J connectivity index is 1.73. The number of tetrazole rings is 1. The molecule has 0 saturated carbocycles. The molecular formula is C19H19Cl2N5O. The third kappa shape index (κ3) is 4.64. The summed E-state index contributed by atoms with van der Waals surface area (Å²) in [6.07, 6.45) is 0. The van der Waals surface area contributed by atoms with E-state index in [1.807, 2.05) is 24.3 Å². The zero-order valence-corrected chi connectivity index (χ0v) is 16.7. The maximum atomic E-state index is 12.5. The monoisotopic (exact) mass is 403 g/mol. The molecule has 0 bridgehead atoms. The molecule has 0 unspecified atom stereocenters. The fourth-order valence-electron chi connectivity index (χ4n) is 2.50. The van der Waals surface area contributed by atoms with Gasteiger partial charge in [0.25, 0.3) is 5.91 Å². The van der Waals surface area contributed by atoms with Crippen LogP contribution in [0.15, 0.2) is 42.5 Å². The van der Waals surface area contributed by atoms with E-state index in [0.717, 1.165) is 5.56 Å². The highest BCUT2D eigenvalue weighted by Crippen LogP contribution is 2.23. The first-order valence-electron chi connectivity index (χ1n) is 8.50. The molecule has 0 spiro atoms. The summed E-state index contributed by atoms with van der Waals surface area (Å²) in [4.78, 5) is 13.8. The first-order valence-corrected chi connectivity index (χ1v) is 9.26. The number of hydrogen-bond donors (Lipinski definition) is 1. The topological polar surface area (TPSA) is 72.7 Å². The quantitative estimate of drug-likeness (QED) is 0.652. The largest absolute Gasteiger partial charge is 0.324 e. The number of nitrogens with one attached hydrogen (secondary N) is 1. The van der Waals surface area contributed by atoms with Gasteiger partial charge in [0.05, 0.1) is 0 Å². The molecule has 0 radical (unpaired) electrons. The molecule has 6 nitrogen and oxygen atoms in total. The lowest BCUT2D eigenvalue weighted by Gasteiger charge is -2.11. The molecule has 3 aromatic rings. The smallest absolute Gasteiger partial charge is 0.250 e. The Hall–Kier alpha value is -2.44. The predicted molar refractivity (Wildman–Crippen MR) is 107 cm³/mol. The molecule has 1 amide bonds. The molecular weight excluding hydrogens is 385 g/mol. The number of halogens is 2. The van der Waals surface area contributed by atoms with E-state index in [9.17, 15) is 4.79 Å². The number of hydrogen-bond acceptors (Lipinski definition) is 4. The molecule has 27 heavy (non-hydrogen) atoms. The van der Waals surface area contributed by atoms with Crippen LogP contribution in [0.25, 0.3) is 11.4 Å². The highest BCUT2D eigenvalue weighted by atomic mass is 35.5. The normalized spacial score (nSPS) is 12.2. The van der Waals surface area contributed by atoms with E-state index in [1.54, 1.807) is 25.1 Å². The van der Waals surface area contributed by atoms with Gasteiger partial charge in [-0.05, 0) is 41.8 Å². The van der Waals surface area contributed by atoms with E-state index in [2.05, 4.69) is 34.6 Å². The fourth-order valence-corrected chi connectivity index (χ4v) is 3.03. The first-order chi connectivity index (χ1) is 12.8. The van der Waals surface area contributed by atoms with Gasteiger partial charge in [0.15, 0.2) is 0 Å². The van der Waals surface area contributed by atoms with Crippen LogP contribution in [0.2, 0.25) is 10.0 Å². The Morgan fingerprint density at radius 2 is 1.67 bits per heavy atom. The maximum Gasteiger partial charge on any atom is 0.250 e. The van der Waals surface area contributed by atoms with Gasteiger partial charge in [-0.1, -0.05) is 61.3 Å². The minimum atomic E-state index is -0.654. The highest BCUT2D eigenvalue weighted by Gasteiger charge is 2.19. The molecule has 1 aromatic heterocycles. The van der Waals surface area contributed by atoms with Gasteiger partial charge in [0.1, 0.15) is 6.04 Å². The Labute approximate surface area is 167 Å². The van der Waals surface area contributed by atoms with Crippen LogP contribution in [-0.4, -0.2) is 26.1 Å². The zero-order valence-electron chi connectivity index (χ0n) is 15.1. The van der Waals surface area contributed by atoms with Crippen molar-refractivity contribution in [2.45, 2.75) is 32.7 Å². The molecule has 0 saturated heterocycles. The molecule has 1 heterocycles. The van der Waals surface area contributed by atoms with Crippen LogP contribution in [-0.2, 0) is 4.79 Å². The summed E-state index contributed by atoms with van der Waals surface area (Å²) < 4.78 is 0. The van der Waals surface area contributed by atoms with E-state index in [-0.39, 0.29) is 5.91 Å². The van der Waals surface area contributed by atoms with Crippen LogP contribution in [0.5, 0.6) is 0 Å². The van der Waals surface area contributed by atoms with Gasteiger partial charge in [-0.2, -0.15) is 4.80 Å². The second-order valence-corrected chi connectivity index (χ2v) is 7.41. The number of rotatable bonds is 5. The Bertz CT molecular complexity index is 933. The summed E-state index contributed by atoms with van der Waals surface area (Å²) in [6, 6.07) is 12.2. The van der Waals surface area contributed by atoms with Crippen molar-refractivity contribution >= 4 is 34.8 Å². The van der Waals surface area contributed by atoms with E-state index >= 15 is 0 Å². The minimum absolute atomic E-state index is 0.299. The van der Waals surface area contributed by atoms with Crippen molar-refractivity contribution in [3.05, 3.63) is 58.1 Å². The Morgan fingerprint density at radius 3 is 2.26 bits per heavy atom. The number of carbonyl (C=O) groups is 1. The van der Waals surface area contributed by atoms with Crippen LogP contribution >= 0.6 is 23.2 Å². The molecule has 8 heteroatoms. The molecule has 140 valence electrons. The Kier molecular flexibility index (Phi) is 5.77. The van der Waals surface area contributed by atoms with Crippen molar-refractivity contribution < 1.29 is 4.79 Å². The molecule has 1 N–H and O–H groups in total. The number of nitrogens with zero attached hydrogens (tertiary/aromatic N) is 4. The predicted octanol–water partition coefficient (Wildman–Crippen LogP) is 4.97. The second kappa shape index (κ2) is 8.06. The standard InChI is InChI=1S/C19H19Cl2N5O/c1-11(2)13-4-6-14(7-5-13)18-23-25-26(24-18)12(3)19(27)22-17-9-15(20)8-16(21)10-17/h4-12H,1-3H3,(H,22,27)/t12-/m1/s1. The number of anilines is 1. The van der Waals surface area contributed by atoms with E-state index in [1.165, 1.54) is 10.4 Å². The van der Waals surface area contributed by atoms with Gasteiger partial charge in [-0.25, -0.2) is 0 Å². The summed E-state index contributed by atoms with van der Waals surface area (Å²) in [7, 11) is 0. The average molecular weight is 404 g/mol. The van der Waals surface area contributed by atoms with Crippen LogP contribution in [0.3, 0.4) is 0 Å². The minimum Gasteiger partial charge on any atom is -0.324 e. The molecule has 2 aromatic carbocycles. The van der Waals surface area contributed by atoms with Crippen LogP contribution in [0.4, 0.5) is 5.69 Å². The van der Waals surface area contributed by atoms with Gasteiger partial charge >= 0.3 is 0 Å². The zero-order chi connectivity index (χ0) is 19.6. The fraction of sp³-hybridized carbons (Fsp3) is 0.263. The summed E-state index contributed by atoms with van der Waals surface area (Å²) in [5.41, 5.74) is 2.59. The third-order valence-corrected chi connectivity index (χ3v) is 4.56. The van der Waals surface area contributed by atoms with Gasteiger partial charge in [-0.15, -0.1) is 10.2 Å². The van der Waals surface area contributed by atoms with Crippen molar-refractivity contribution in [3.8, 4) is 11.4 Å². The van der Waals surface area contributed by atoms with Gasteiger partial charge in [0.2, 0.25) is 5.82 Å². The van der Waals surface area contributed by atoms with E-state index in [0.29, 0.717) is 27.5 Å². The summed E-state index contributed by atoms with van der Waals surface area (Å²) in [5.74, 6) is 0.620. The van der Waals surface area contributed by atoms with Gasteiger partial charge in [-0.3, -0.25) is 4.79 Å². The van der Waals surface area contributed by atoms with Crippen molar-refractivity contribution in [2.24, 2.45) is 0 Å².